The molecule has 0 bridgehead atoms. The first-order valence-electron chi connectivity index (χ1n) is 2.19. The van der Waals surface area contributed by atoms with E-state index in [1.54, 1.807) is 6.92 Å². The molecule has 0 heterocycles. The van der Waals surface area contributed by atoms with Gasteiger partial charge in [0.25, 0.3) is 0 Å². The molecule has 0 amide bonds. The van der Waals surface area contributed by atoms with Crippen molar-refractivity contribution in [1.29, 1.82) is 0 Å². The zero-order valence-electron chi connectivity index (χ0n) is 4.93. The quantitative estimate of drug-likeness (QED) is 0.346. The number of aliphatic imine (C=N–C) groups is 2. The van der Waals surface area contributed by atoms with Gasteiger partial charge in [-0.15, -0.1) is 0 Å². The van der Waals surface area contributed by atoms with E-state index in [0.29, 0.717) is 0 Å². The van der Waals surface area contributed by atoms with Crippen LogP contribution in [0.15, 0.2) is 20.7 Å². The summed E-state index contributed by atoms with van der Waals surface area (Å²) in [6.07, 6.45) is 0.484. The Labute approximate surface area is 61.3 Å². The maximum absolute atomic E-state index is 11.9. The zero-order chi connectivity index (χ0) is 7.28. The Morgan fingerprint density at radius 2 is 2.33 bits per heavy atom. The zero-order valence-corrected chi connectivity index (χ0v) is 6.52. The summed E-state index contributed by atoms with van der Waals surface area (Å²) in [4.78, 5) is 6.18. The number of halogens is 2. The Morgan fingerprint density at radius 1 is 1.78 bits per heavy atom. The molecule has 0 aromatic heterocycles. The van der Waals surface area contributed by atoms with Crippen molar-refractivity contribution >= 4 is 28.7 Å². The molecule has 4 heteroatoms. The Balaban J connectivity index is 3.98. The third kappa shape index (κ3) is 5.36. The van der Waals surface area contributed by atoms with Crippen molar-refractivity contribution in [2.75, 3.05) is 0 Å². The lowest BCUT2D eigenvalue weighted by molar-refractivity contribution is 0.791. The lowest BCUT2D eigenvalue weighted by atomic mass is 10.7. The standard InChI is InChI=1S/C5H6BrFN2/c1-4(6)3-9-5(7)8-2/h3H,2H2,1H3/b4-3+,9-5-. The van der Waals surface area contributed by atoms with E-state index in [2.05, 4.69) is 32.6 Å². The van der Waals surface area contributed by atoms with Crippen LogP contribution in [-0.4, -0.2) is 12.8 Å². The fourth-order valence-electron chi connectivity index (χ4n) is 0.183. The molecule has 0 atom stereocenters. The molecule has 0 radical (unpaired) electrons. The third-order valence-electron chi connectivity index (χ3n) is 0.479. The first kappa shape index (κ1) is 8.49. The summed E-state index contributed by atoms with van der Waals surface area (Å²) < 4.78 is 12.7. The van der Waals surface area contributed by atoms with Crippen molar-refractivity contribution in [1.82, 2.24) is 0 Å². The fraction of sp³-hybridized carbons (Fsp3) is 0.200. The van der Waals surface area contributed by atoms with Crippen LogP contribution in [0.3, 0.4) is 0 Å². The molecule has 0 saturated heterocycles. The van der Waals surface area contributed by atoms with Gasteiger partial charge in [0, 0.05) is 10.7 Å². The fourth-order valence-corrected chi connectivity index (χ4v) is 0.285. The Kier molecular flexibility index (Phi) is 4.13. The molecule has 0 aromatic rings. The summed E-state index contributed by atoms with van der Waals surface area (Å²) in [5, 5.41) is 0. The van der Waals surface area contributed by atoms with E-state index in [1.807, 2.05) is 0 Å². The van der Waals surface area contributed by atoms with E-state index in [-0.39, 0.29) is 0 Å². The van der Waals surface area contributed by atoms with Crippen LogP contribution in [0.5, 0.6) is 0 Å². The lowest BCUT2D eigenvalue weighted by Gasteiger charge is -1.80. The normalized spacial score (nSPS) is 13.7. The van der Waals surface area contributed by atoms with Crippen molar-refractivity contribution in [3.8, 4) is 0 Å². The van der Waals surface area contributed by atoms with Gasteiger partial charge in [-0.3, -0.25) is 0 Å². The molecule has 9 heavy (non-hydrogen) atoms. The molecule has 0 spiro atoms. The number of nitrogens with zero attached hydrogens (tertiary/aromatic N) is 2. The van der Waals surface area contributed by atoms with Crippen molar-refractivity contribution < 1.29 is 4.39 Å². The van der Waals surface area contributed by atoms with Gasteiger partial charge in [-0.25, -0.2) is 9.98 Å². The molecule has 2 nitrogen and oxygen atoms in total. The molecule has 50 valence electrons. The highest BCUT2D eigenvalue weighted by Crippen LogP contribution is 2.01. The molecular formula is C5H6BrFN2. The highest BCUT2D eigenvalue weighted by atomic mass is 79.9. The van der Waals surface area contributed by atoms with Crippen molar-refractivity contribution in [2.45, 2.75) is 6.92 Å². The number of rotatable bonds is 1. The molecule has 0 saturated carbocycles. The summed E-state index contributed by atoms with van der Waals surface area (Å²) in [5.41, 5.74) is 0. The Hall–Kier alpha value is -0.510. The van der Waals surface area contributed by atoms with Gasteiger partial charge in [-0.2, -0.15) is 4.39 Å². The minimum absolute atomic E-state index is 0.737. The van der Waals surface area contributed by atoms with Gasteiger partial charge in [-0.1, -0.05) is 15.9 Å². The predicted molar refractivity (Wildman–Crippen MR) is 40.8 cm³/mol. The number of hydrogen-bond acceptors (Lipinski definition) is 1. The van der Waals surface area contributed by atoms with Gasteiger partial charge in [0.2, 0.25) is 0 Å². The van der Waals surface area contributed by atoms with Gasteiger partial charge in [0.1, 0.15) is 0 Å². The average molecular weight is 193 g/mol. The molecule has 0 rings (SSSR count). The van der Waals surface area contributed by atoms with Crippen LogP contribution >= 0.6 is 15.9 Å². The average Bonchev–Trinajstić information content (AvgIpc) is 1.83. The van der Waals surface area contributed by atoms with Crippen LogP contribution in [0.4, 0.5) is 4.39 Å². The van der Waals surface area contributed by atoms with Gasteiger partial charge >= 0.3 is 6.09 Å². The molecular weight excluding hydrogens is 187 g/mol. The number of allylic oxidation sites excluding steroid dienone is 1. The second-order valence-corrected chi connectivity index (χ2v) is 2.52. The van der Waals surface area contributed by atoms with Gasteiger partial charge in [-0.05, 0) is 13.6 Å². The van der Waals surface area contributed by atoms with Crippen LogP contribution in [0, 0.1) is 0 Å². The topological polar surface area (TPSA) is 24.7 Å². The SMILES string of the molecule is C=N/C(F)=N\C=C(/C)Br. The molecule has 0 fully saturated rings. The Bertz CT molecular complexity index is 158. The van der Waals surface area contributed by atoms with Crippen LogP contribution in [0.25, 0.3) is 0 Å². The van der Waals surface area contributed by atoms with Crippen LogP contribution in [-0.2, 0) is 0 Å². The molecule has 0 aliphatic heterocycles. The summed E-state index contributed by atoms with van der Waals surface area (Å²) >= 11 is 3.06. The third-order valence-corrected chi connectivity index (χ3v) is 0.684. The van der Waals surface area contributed by atoms with Gasteiger partial charge in [0.05, 0.1) is 0 Å². The maximum Gasteiger partial charge on any atom is 0.307 e. The van der Waals surface area contributed by atoms with E-state index in [9.17, 15) is 4.39 Å². The van der Waals surface area contributed by atoms with E-state index in [4.69, 9.17) is 0 Å². The van der Waals surface area contributed by atoms with Crippen molar-refractivity contribution in [3.05, 3.63) is 10.7 Å². The molecule has 0 aromatic carbocycles. The lowest BCUT2D eigenvalue weighted by Crippen LogP contribution is -1.76. The van der Waals surface area contributed by atoms with Gasteiger partial charge in [0.15, 0.2) is 0 Å². The second-order valence-electron chi connectivity index (χ2n) is 1.27. The Morgan fingerprint density at radius 3 is 2.67 bits per heavy atom. The first-order valence-corrected chi connectivity index (χ1v) is 2.98. The summed E-state index contributed by atoms with van der Waals surface area (Å²) in [5.74, 6) is 0. The van der Waals surface area contributed by atoms with Crippen molar-refractivity contribution in [3.63, 3.8) is 0 Å². The summed E-state index contributed by atoms with van der Waals surface area (Å²) in [6.45, 7) is 4.67. The van der Waals surface area contributed by atoms with Crippen LogP contribution < -0.4 is 0 Å². The molecule has 0 unspecified atom stereocenters. The second kappa shape index (κ2) is 4.38. The number of amidine groups is 1. The number of hydrogen-bond donors (Lipinski definition) is 0. The smallest absolute Gasteiger partial charge is 0.219 e. The molecule has 0 aliphatic carbocycles. The molecule has 0 N–H and O–H groups in total. The van der Waals surface area contributed by atoms with E-state index in [0.717, 1.165) is 4.48 Å². The van der Waals surface area contributed by atoms with E-state index < -0.39 is 6.09 Å². The summed E-state index contributed by atoms with van der Waals surface area (Å²) in [6, 6.07) is 0. The van der Waals surface area contributed by atoms with Crippen LogP contribution in [0.1, 0.15) is 6.92 Å². The monoisotopic (exact) mass is 192 g/mol. The van der Waals surface area contributed by atoms with E-state index in [1.165, 1.54) is 6.20 Å². The highest BCUT2D eigenvalue weighted by molar-refractivity contribution is 9.11. The largest absolute Gasteiger partial charge is 0.307 e. The van der Waals surface area contributed by atoms with Crippen LogP contribution in [0.2, 0.25) is 0 Å². The summed E-state index contributed by atoms with van der Waals surface area (Å²) in [7, 11) is 0. The minimum atomic E-state index is -0.825. The van der Waals surface area contributed by atoms with Crippen molar-refractivity contribution in [2.24, 2.45) is 9.98 Å². The molecule has 0 aliphatic rings. The first-order chi connectivity index (χ1) is 4.16. The predicted octanol–water partition coefficient (Wildman–Crippen LogP) is 2.27. The highest BCUT2D eigenvalue weighted by Gasteiger charge is 1.83. The van der Waals surface area contributed by atoms with Gasteiger partial charge < -0.3 is 0 Å². The van der Waals surface area contributed by atoms with E-state index >= 15 is 0 Å². The maximum atomic E-state index is 11.9. The minimum Gasteiger partial charge on any atom is -0.219 e.